The molecule has 4 unspecified atom stereocenters. The van der Waals surface area contributed by atoms with Gasteiger partial charge in [0.05, 0.1) is 26.4 Å². The molecule has 0 aliphatic carbocycles. The van der Waals surface area contributed by atoms with Crippen LogP contribution < -0.4 is 0 Å². The average Bonchev–Trinajstić information content (AvgIpc) is 3.00. The number of hydrogen-bond donors (Lipinski definition) is 3. The van der Waals surface area contributed by atoms with Crippen molar-refractivity contribution in [1.82, 2.24) is 0 Å². The molecule has 0 bridgehead atoms. The van der Waals surface area contributed by atoms with Crippen LogP contribution >= 0.6 is 15.6 Å². The van der Waals surface area contributed by atoms with Crippen molar-refractivity contribution in [3.05, 3.63) is 0 Å². The van der Waals surface area contributed by atoms with Crippen LogP contribution in [0.1, 0.15) is 376 Å². The van der Waals surface area contributed by atoms with Gasteiger partial charge in [-0.15, -0.1) is 0 Å². The number of carbonyl (C=O) groups is 4. The van der Waals surface area contributed by atoms with E-state index in [1.165, 1.54) is 186 Å². The summed E-state index contributed by atoms with van der Waals surface area (Å²) in [5, 5.41) is 10.6. The van der Waals surface area contributed by atoms with Gasteiger partial charge in [0, 0.05) is 25.7 Å². The van der Waals surface area contributed by atoms with Gasteiger partial charge in [-0.25, -0.2) is 9.13 Å². The first kappa shape index (κ1) is 91.1. The molecule has 0 aromatic heterocycles. The Morgan fingerprint density at radius 1 is 0.312 bits per heavy atom. The Balaban J connectivity index is 5.19. The van der Waals surface area contributed by atoms with E-state index in [2.05, 4.69) is 48.5 Å². The number of phosphoric ester groups is 2. The molecule has 0 rings (SSSR count). The van der Waals surface area contributed by atoms with E-state index in [4.69, 9.17) is 37.0 Å². The topological polar surface area (TPSA) is 237 Å². The van der Waals surface area contributed by atoms with Crippen LogP contribution in [0, 0.1) is 17.8 Å². The highest BCUT2D eigenvalue weighted by molar-refractivity contribution is 7.47. The fourth-order valence-electron chi connectivity index (χ4n) is 11.2. The highest BCUT2D eigenvalue weighted by Crippen LogP contribution is 2.45. The lowest BCUT2D eigenvalue weighted by atomic mass is 9.99. The van der Waals surface area contributed by atoms with Crippen molar-refractivity contribution < 1.29 is 80.2 Å². The van der Waals surface area contributed by atoms with Crippen molar-refractivity contribution in [1.29, 1.82) is 0 Å². The maximum Gasteiger partial charge on any atom is 0.472 e. The molecule has 0 fully saturated rings. The molecule has 7 atom stereocenters. The van der Waals surface area contributed by atoms with Crippen LogP contribution in [0.5, 0.6) is 0 Å². The minimum atomic E-state index is -4.96. The third-order valence-corrected chi connectivity index (χ3v) is 19.8. The van der Waals surface area contributed by atoms with Crippen LogP contribution in [0.4, 0.5) is 0 Å². The molecule has 0 saturated carbocycles. The Bertz CT molecular complexity index is 1820. The lowest BCUT2D eigenvalue weighted by Gasteiger charge is -2.21. The van der Waals surface area contributed by atoms with Crippen molar-refractivity contribution in [3.63, 3.8) is 0 Å². The zero-order valence-corrected chi connectivity index (χ0v) is 62.5. The normalized spacial score (nSPS) is 14.7. The molecular weight excluding hydrogens is 1220 g/mol. The zero-order chi connectivity index (χ0) is 68.7. The number of phosphoric acid groups is 2. The summed E-state index contributed by atoms with van der Waals surface area (Å²) in [4.78, 5) is 72.6. The van der Waals surface area contributed by atoms with Crippen LogP contribution in [-0.2, 0) is 65.4 Å². The standard InChI is InChI=1S/C74H144O17P2/c1-8-11-12-13-14-15-27-33-41-48-55-71(76)84-62-70(91-74(79)58-51-44-37-36-40-47-54-67(7)10-3)64-89-93(82,83)87-60-68(75)59-86-92(80,81)88-63-69(61-85-72(77)56-49-42-34-30-29-32-39-46-53-66(6)9-2)90-73(78)57-50-43-35-28-25-23-21-19-17-16-18-20-22-24-26-31-38-45-52-65(4)5/h65-70,75H,8-64H2,1-7H3,(H,80,81)(H,82,83)/t66?,67?,68-,69-,70-/m1/s1. The van der Waals surface area contributed by atoms with Gasteiger partial charge in [-0.05, 0) is 43.4 Å². The Morgan fingerprint density at radius 2 is 0.548 bits per heavy atom. The molecule has 0 heterocycles. The second-order valence-corrected chi connectivity index (χ2v) is 30.6. The van der Waals surface area contributed by atoms with E-state index < -0.39 is 97.5 Å². The molecule has 0 aromatic rings. The first-order chi connectivity index (χ1) is 44.8. The van der Waals surface area contributed by atoms with Crippen molar-refractivity contribution in [2.24, 2.45) is 17.8 Å². The Hall–Kier alpha value is -1.94. The molecule has 0 amide bonds. The van der Waals surface area contributed by atoms with Crippen LogP contribution in [0.25, 0.3) is 0 Å². The number of ether oxygens (including phenoxy) is 4. The third kappa shape index (κ3) is 65.8. The summed E-state index contributed by atoms with van der Waals surface area (Å²) in [5.41, 5.74) is 0. The molecule has 0 radical (unpaired) electrons. The van der Waals surface area contributed by atoms with Gasteiger partial charge < -0.3 is 33.8 Å². The van der Waals surface area contributed by atoms with E-state index in [1.807, 2.05) is 0 Å². The minimum Gasteiger partial charge on any atom is -0.462 e. The molecule has 17 nitrogen and oxygen atoms in total. The molecule has 552 valence electrons. The van der Waals surface area contributed by atoms with E-state index in [9.17, 15) is 43.2 Å². The molecule has 0 spiro atoms. The Morgan fingerprint density at radius 3 is 0.817 bits per heavy atom. The summed E-state index contributed by atoms with van der Waals surface area (Å²) in [6.45, 7) is 11.9. The van der Waals surface area contributed by atoms with Gasteiger partial charge in [0.25, 0.3) is 0 Å². The molecular formula is C74H144O17P2. The average molecular weight is 1370 g/mol. The van der Waals surface area contributed by atoms with Crippen molar-refractivity contribution in [3.8, 4) is 0 Å². The number of esters is 4. The second kappa shape index (κ2) is 64.7. The largest absolute Gasteiger partial charge is 0.472 e. The van der Waals surface area contributed by atoms with Crippen molar-refractivity contribution in [2.75, 3.05) is 39.6 Å². The first-order valence-electron chi connectivity index (χ1n) is 38.4. The summed E-state index contributed by atoms with van der Waals surface area (Å²) >= 11 is 0. The van der Waals surface area contributed by atoms with Gasteiger partial charge in [0.2, 0.25) is 0 Å². The zero-order valence-electron chi connectivity index (χ0n) is 60.7. The third-order valence-electron chi connectivity index (χ3n) is 17.9. The monoisotopic (exact) mass is 1370 g/mol. The van der Waals surface area contributed by atoms with E-state index in [0.717, 1.165) is 108 Å². The van der Waals surface area contributed by atoms with Gasteiger partial charge in [0.15, 0.2) is 12.2 Å². The fraction of sp³-hybridized carbons (Fsp3) is 0.946. The lowest BCUT2D eigenvalue weighted by Crippen LogP contribution is -2.30. The minimum absolute atomic E-state index is 0.103. The Kier molecular flexibility index (Phi) is 63.4. The van der Waals surface area contributed by atoms with Crippen LogP contribution in [0.15, 0.2) is 0 Å². The molecule has 19 heteroatoms. The van der Waals surface area contributed by atoms with E-state index in [-0.39, 0.29) is 25.7 Å². The highest BCUT2D eigenvalue weighted by atomic mass is 31.2. The van der Waals surface area contributed by atoms with Gasteiger partial charge in [-0.3, -0.25) is 37.3 Å². The van der Waals surface area contributed by atoms with E-state index in [1.54, 1.807) is 0 Å². The molecule has 0 saturated heterocycles. The number of hydrogen-bond acceptors (Lipinski definition) is 15. The first-order valence-corrected chi connectivity index (χ1v) is 41.4. The van der Waals surface area contributed by atoms with Crippen LogP contribution in [0.2, 0.25) is 0 Å². The molecule has 0 aliphatic rings. The van der Waals surface area contributed by atoms with Crippen LogP contribution in [-0.4, -0.2) is 96.7 Å². The summed E-state index contributed by atoms with van der Waals surface area (Å²) in [7, 11) is -9.91. The summed E-state index contributed by atoms with van der Waals surface area (Å²) in [5.74, 6) is 0.193. The summed E-state index contributed by atoms with van der Waals surface area (Å²) in [6.07, 6.45) is 50.0. The van der Waals surface area contributed by atoms with Gasteiger partial charge >= 0.3 is 39.5 Å². The quantitative estimate of drug-likeness (QED) is 0.0222. The number of carbonyl (C=O) groups excluding carboxylic acids is 4. The van der Waals surface area contributed by atoms with Gasteiger partial charge in [0.1, 0.15) is 19.3 Å². The molecule has 0 aromatic carbocycles. The number of aliphatic hydroxyl groups excluding tert-OH is 1. The maximum absolute atomic E-state index is 13.1. The SMILES string of the molecule is CCCCCCCCCCCCC(=O)OC[C@H](COP(=O)(O)OC[C@H](O)COP(=O)(O)OC[C@@H](COC(=O)CCCCCCCCCCC(C)CC)OC(=O)CCCCCCCCCCCCCCCCCCCCC(C)C)OC(=O)CCCCCCCCC(C)CC. The predicted molar refractivity (Wildman–Crippen MR) is 377 cm³/mol. The summed E-state index contributed by atoms with van der Waals surface area (Å²) in [6, 6.07) is 0. The van der Waals surface area contributed by atoms with E-state index >= 15 is 0 Å². The second-order valence-electron chi connectivity index (χ2n) is 27.6. The number of unbranched alkanes of at least 4 members (excludes halogenated alkanes) is 38. The van der Waals surface area contributed by atoms with Gasteiger partial charge in [-0.2, -0.15) is 0 Å². The smallest absolute Gasteiger partial charge is 0.462 e. The van der Waals surface area contributed by atoms with Crippen LogP contribution in [0.3, 0.4) is 0 Å². The maximum atomic E-state index is 13.1. The molecule has 3 N–H and O–H groups in total. The highest BCUT2D eigenvalue weighted by Gasteiger charge is 2.30. The number of aliphatic hydroxyl groups is 1. The predicted octanol–water partition coefficient (Wildman–Crippen LogP) is 21.4. The summed E-state index contributed by atoms with van der Waals surface area (Å²) < 4.78 is 68.4. The van der Waals surface area contributed by atoms with E-state index in [0.29, 0.717) is 25.7 Å². The fourth-order valence-corrected chi connectivity index (χ4v) is 12.8. The number of rotatable bonds is 72. The lowest BCUT2D eigenvalue weighted by molar-refractivity contribution is -0.161. The van der Waals surface area contributed by atoms with Gasteiger partial charge in [-0.1, -0.05) is 325 Å². The van der Waals surface area contributed by atoms with Crippen molar-refractivity contribution >= 4 is 39.5 Å². The van der Waals surface area contributed by atoms with Crippen molar-refractivity contribution in [2.45, 2.75) is 394 Å². The Labute approximate surface area is 568 Å². The molecule has 0 aliphatic heterocycles. The molecule has 93 heavy (non-hydrogen) atoms.